The number of nitrogens with one attached hydrogen (secondary N) is 1. The lowest BCUT2D eigenvalue weighted by molar-refractivity contribution is -0.123. The zero-order valence-corrected chi connectivity index (χ0v) is 12.2. The van der Waals surface area contributed by atoms with E-state index < -0.39 is 0 Å². The van der Waals surface area contributed by atoms with Crippen LogP contribution in [0.15, 0.2) is 53.6 Å². The Labute approximate surface area is 124 Å². The van der Waals surface area contributed by atoms with Crippen LogP contribution in [-0.2, 0) is 4.79 Å². The van der Waals surface area contributed by atoms with Gasteiger partial charge in [-0.15, -0.1) is 0 Å². The minimum atomic E-state index is -0.290. The number of aryl methyl sites for hydroxylation is 2. The summed E-state index contributed by atoms with van der Waals surface area (Å²) in [7, 11) is 0. The Kier molecular flexibility index (Phi) is 5.10. The van der Waals surface area contributed by atoms with Crippen molar-refractivity contribution in [1.29, 1.82) is 0 Å². The van der Waals surface area contributed by atoms with E-state index in [1.165, 1.54) is 0 Å². The molecule has 0 fully saturated rings. The number of carbonyl (C=O) groups excluding carboxylic acids is 1. The average molecular weight is 282 g/mol. The Bertz CT molecular complexity index is 616. The van der Waals surface area contributed by atoms with E-state index in [1.54, 1.807) is 6.21 Å². The molecule has 0 heterocycles. The lowest BCUT2D eigenvalue weighted by Crippen LogP contribution is -2.24. The van der Waals surface area contributed by atoms with Crippen molar-refractivity contribution in [3.63, 3.8) is 0 Å². The molecule has 21 heavy (non-hydrogen) atoms. The topological polar surface area (TPSA) is 50.7 Å². The molecule has 0 aliphatic heterocycles. The largest absolute Gasteiger partial charge is 0.484 e. The second-order valence-corrected chi connectivity index (χ2v) is 4.82. The molecule has 0 saturated heterocycles. The van der Waals surface area contributed by atoms with Crippen LogP contribution in [0.2, 0.25) is 0 Å². The second-order valence-electron chi connectivity index (χ2n) is 4.82. The number of ether oxygens (including phenoxy) is 1. The monoisotopic (exact) mass is 282 g/mol. The third-order valence-electron chi connectivity index (χ3n) is 2.77. The molecule has 1 amide bonds. The first-order valence-electron chi connectivity index (χ1n) is 6.71. The van der Waals surface area contributed by atoms with Crippen molar-refractivity contribution >= 4 is 12.1 Å². The van der Waals surface area contributed by atoms with Crippen LogP contribution < -0.4 is 10.2 Å². The summed E-state index contributed by atoms with van der Waals surface area (Å²) in [6, 6.07) is 15.4. The first kappa shape index (κ1) is 14.8. The molecule has 0 unspecified atom stereocenters. The van der Waals surface area contributed by atoms with E-state index in [-0.39, 0.29) is 12.5 Å². The molecule has 4 nitrogen and oxygen atoms in total. The number of hydrazone groups is 1. The van der Waals surface area contributed by atoms with Gasteiger partial charge in [-0.1, -0.05) is 36.4 Å². The van der Waals surface area contributed by atoms with Crippen LogP contribution in [0.3, 0.4) is 0 Å². The summed E-state index contributed by atoms with van der Waals surface area (Å²) in [5, 5.41) is 3.88. The van der Waals surface area contributed by atoms with E-state index >= 15 is 0 Å². The highest BCUT2D eigenvalue weighted by molar-refractivity contribution is 5.82. The maximum atomic E-state index is 11.6. The third kappa shape index (κ3) is 5.10. The van der Waals surface area contributed by atoms with Gasteiger partial charge >= 0.3 is 0 Å². The summed E-state index contributed by atoms with van der Waals surface area (Å²) >= 11 is 0. The molecule has 0 bridgehead atoms. The van der Waals surface area contributed by atoms with Crippen molar-refractivity contribution in [1.82, 2.24) is 5.43 Å². The van der Waals surface area contributed by atoms with Gasteiger partial charge in [0.05, 0.1) is 6.21 Å². The van der Waals surface area contributed by atoms with Gasteiger partial charge in [-0.25, -0.2) is 5.43 Å². The zero-order valence-electron chi connectivity index (χ0n) is 12.2. The van der Waals surface area contributed by atoms with Gasteiger partial charge in [0.15, 0.2) is 6.61 Å². The Morgan fingerprint density at radius 1 is 1.14 bits per heavy atom. The minimum absolute atomic E-state index is 0.0605. The van der Waals surface area contributed by atoms with Crippen LogP contribution in [0.5, 0.6) is 5.75 Å². The predicted molar refractivity (Wildman–Crippen MR) is 83.6 cm³/mol. The fraction of sp³-hybridized carbons (Fsp3) is 0.176. The van der Waals surface area contributed by atoms with E-state index in [1.807, 2.05) is 56.3 Å². The predicted octanol–water partition coefficient (Wildman–Crippen LogP) is 2.83. The number of amides is 1. The molecule has 2 rings (SSSR count). The normalized spacial score (nSPS) is 10.6. The molecule has 0 aliphatic rings. The van der Waals surface area contributed by atoms with Crippen molar-refractivity contribution < 1.29 is 9.53 Å². The van der Waals surface area contributed by atoms with Crippen LogP contribution >= 0.6 is 0 Å². The van der Waals surface area contributed by atoms with Crippen molar-refractivity contribution in [3.8, 4) is 5.75 Å². The molecule has 0 aromatic heterocycles. The smallest absolute Gasteiger partial charge is 0.277 e. The standard InChI is InChI=1S/C17H18N2O2/c1-13-8-14(2)10-16(9-13)21-12-17(20)19-18-11-15-6-4-3-5-7-15/h3-11H,12H2,1-2H3,(H,19,20). The van der Waals surface area contributed by atoms with E-state index in [2.05, 4.69) is 16.6 Å². The quantitative estimate of drug-likeness (QED) is 0.677. The van der Waals surface area contributed by atoms with Crippen molar-refractivity contribution in [3.05, 3.63) is 65.2 Å². The van der Waals surface area contributed by atoms with Gasteiger partial charge in [0, 0.05) is 0 Å². The lowest BCUT2D eigenvalue weighted by atomic mass is 10.1. The van der Waals surface area contributed by atoms with E-state index in [4.69, 9.17) is 4.74 Å². The molecular formula is C17H18N2O2. The molecule has 108 valence electrons. The summed E-state index contributed by atoms with van der Waals surface area (Å²) < 4.78 is 5.45. The Balaban J connectivity index is 1.81. The van der Waals surface area contributed by atoms with Crippen molar-refractivity contribution in [2.45, 2.75) is 13.8 Å². The molecule has 2 aromatic rings. The minimum Gasteiger partial charge on any atom is -0.484 e. The van der Waals surface area contributed by atoms with E-state index in [0.717, 1.165) is 16.7 Å². The zero-order chi connectivity index (χ0) is 15.1. The summed E-state index contributed by atoms with van der Waals surface area (Å²) in [5.74, 6) is 0.399. The molecule has 2 aromatic carbocycles. The SMILES string of the molecule is Cc1cc(C)cc(OCC(=O)NN=Cc2ccccc2)c1. The maximum Gasteiger partial charge on any atom is 0.277 e. The fourth-order valence-electron chi connectivity index (χ4n) is 1.92. The fourth-order valence-corrected chi connectivity index (χ4v) is 1.92. The number of hydrogen-bond donors (Lipinski definition) is 1. The highest BCUT2D eigenvalue weighted by atomic mass is 16.5. The molecule has 1 N–H and O–H groups in total. The van der Waals surface area contributed by atoms with E-state index in [9.17, 15) is 4.79 Å². The van der Waals surface area contributed by atoms with Crippen molar-refractivity contribution in [2.24, 2.45) is 5.10 Å². The summed E-state index contributed by atoms with van der Waals surface area (Å²) in [6.45, 7) is 3.92. The third-order valence-corrected chi connectivity index (χ3v) is 2.77. The number of benzene rings is 2. The van der Waals surface area contributed by atoms with Gasteiger partial charge < -0.3 is 4.74 Å². The molecule has 4 heteroatoms. The number of hydrogen-bond acceptors (Lipinski definition) is 3. The molecular weight excluding hydrogens is 264 g/mol. The summed E-state index contributed by atoms with van der Waals surface area (Å²) in [5.41, 5.74) is 5.57. The van der Waals surface area contributed by atoms with Gasteiger partial charge in [-0.2, -0.15) is 5.10 Å². The van der Waals surface area contributed by atoms with Crippen LogP contribution in [0.4, 0.5) is 0 Å². The van der Waals surface area contributed by atoms with Gasteiger partial charge in [0.1, 0.15) is 5.75 Å². The molecule has 0 radical (unpaired) electrons. The second kappa shape index (κ2) is 7.24. The maximum absolute atomic E-state index is 11.6. The molecule has 0 saturated carbocycles. The molecule has 0 aliphatic carbocycles. The first-order valence-corrected chi connectivity index (χ1v) is 6.71. The highest BCUT2D eigenvalue weighted by Crippen LogP contribution is 2.15. The first-order chi connectivity index (χ1) is 10.1. The van der Waals surface area contributed by atoms with Gasteiger partial charge in [0.2, 0.25) is 0 Å². The molecule has 0 spiro atoms. The van der Waals surface area contributed by atoms with Crippen LogP contribution in [0, 0.1) is 13.8 Å². The van der Waals surface area contributed by atoms with E-state index in [0.29, 0.717) is 5.75 Å². The number of rotatable bonds is 5. The van der Waals surface area contributed by atoms with Crippen LogP contribution in [-0.4, -0.2) is 18.7 Å². The summed E-state index contributed by atoms with van der Waals surface area (Å²) in [6.07, 6.45) is 1.59. The van der Waals surface area contributed by atoms with Gasteiger partial charge in [-0.05, 0) is 42.7 Å². The number of nitrogens with zero attached hydrogens (tertiary/aromatic N) is 1. The number of carbonyl (C=O) groups is 1. The van der Waals surface area contributed by atoms with Gasteiger partial charge in [0.25, 0.3) is 5.91 Å². The average Bonchev–Trinajstić information content (AvgIpc) is 2.45. The molecule has 0 atom stereocenters. The lowest BCUT2D eigenvalue weighted by Gasteiger charge is -2.07. The highest BCUT2D eigenvalue weighted by Gasteiger charge is 2.02. The Morgan fingerprint density at radius 3 is 2.48 bits per heavy atom. The van der Waals surface area contributed by atoms with Crippen molar-refractivity contribution in [2.75, 3.05) is 6.61 Å². The Morgan fingerprint density at radius 2 is 1.81 bits per heavy atom. The van der Waals surface area contributed by atoms with Crippen LogP contribution in [0.1, 0.15) is 16.7 Å². The Hall–Kier alpha value is -2.62. The van der Waals surface area contributed by atoms with Crippen LogP contribution in [0.25, 0.3) is 0 Å². The van der Waals surface area contributed by atoms with Gasteiger partial charge in [-0.3, -0.25) is 4.79 Å². The summed E-state index contributed by atoms with van der Waals surface area (Å²) in [4.78, 5) is 11.6.